The maximum absolute atomic E-state index is 13.1. The second-order valence-electron chi connectivity index (χ2n) is 7.64. The van der Waals surface area contributed by atoms with E-state index in [1.807, 2.05) is 48.2 Å². The Bertz CT molecular complexity index is 729. The fraction of sp³-hybridized carbons (Fsp3) is 0.435. The first kappa shape index (κ1) is 25.4. The summed E-state index contributed by atoms with van der Waals surface area (Å²) in [5.74, 6) is -0.0523. The van der Waals surface area contributed by atoms with Crippen molar-refractivity contribution in [3.05, 3.63) is 71.8 Å². The van der Waals surface area contributed by atoms with Gasteiger partial charge in [-0.05, 0) is 24.5 Å². The van der Waals surface area contributed by atoms with E-state index in [-0.39, 0.29) is 42.7 Å². The van der Waals surface area contributed by atoms with Gasteiger partial charge in [-0.3, -0.25) is 9.69 Å². The van der Waals surface area contributed by atoms with Crippen LogP contribution in [0.2, 0.25) is 0 Å². The SMILES string of the molecule is CC(C(=O)N1CCC(C)N(Cc2ccccc2)CC1)C(N)c1ccccc1.Cl.Cl. The molecule has 1 heterocycles. The van der Waals surface area contributed by atoms with Crippen LogP contribution in [0.1, 0.15) is 37.4 Å². The number of amides is 1. The van der Waals surface area contributed by atoms with Crippen molar-refractivity contribution in [1.82, 2.24) is 9.80 Å². The van der Waals surface area contributed by atoms with E-state index >= 15 is 0 Å². The zero-order valence-corrected chi connectivity index (χ0v) is 18.9. The molecule has 3 unspecified atom stereocenters. The van der Waals surface area contributed by atoms with Crippen LogP contribution in [0.25, 0.3) is 0 Å². The van der Waals surface area contributed by atoms with Gasteiger partial charge in [0, 0.05) is 38.3 Å². The first-order valence-corrected chi connectivity index (χ1v) is 9.93. The van der Waals surface area contributed by atoms with Crippen molar-refractivity contribution in [3.8, 4) is 0 Å². The lowest BCUT2D eigenvalue weighted by atomic mass is 9.94. The molecule has 2 aromatic rings. The van der Waals surface area contributed by atoms with E-state index in [9.17, 15) is 4.79 Å². The molecule has 29 heavy (non-hydrogen) atoms. The Morgan fingerprint density at radius 2 is 1.59 bits per heavy atom. The minimum atomic E-state index is -0.264. The summed E-state index contributed by atoms with van der Waals surface area (Å²) in [6, 6.07) is 20.7. The van der Waals surface area contributed by atoms with Crippen LogP contribution >= 0.6 is 24.8 Å². The van der Waals surface area contributed by atoms with E-state index in [0.717, 1.165) is 38.2 Å². The van der Waals surface area contributed by atoms with Gasteiger partial charge in [-0.1, -0.05) is 67.6 Å². The van der Waals surface area contributed by atoms with Gasteiger partial charge in [0.1, 0.15) is 0 Å². The molecule has 6 heteroatoms. The highest BCUT2D eigenvalue weighted by atomic mass is 35.5. The topological polar surface area (TPSA) is 49.6 Å². The highest BCUT2D eigenvalue weighted by Crippen LogP contribution is 2.23. The third-order valence-corrected chi connectivity index (χ3v) is 5.75. The van der Waals surface area contributed by atoms with Crippen molar-refractivity contribution in [2.45, 2.75) is 38.9 Å². The number of rotatable bonds is 5. The lowest BCUT2D eigenvalue weighted by molar-refractivity contribution is -0.135. The molecule has 1 fully saturated rings. The van der Waals surface area contributed by atoms with Crippen LogP contribution in [0.15, 0.2) is 60.7 Å². The fourth-order valence-corrected chi connectivity index (χ4v) is 3.79. The summed E-state index contributed by atoms with van der Waals surface area (Å²) in [4.78, 5) is 17.6. The van der Waals surface area contributed by atoms with Gasteiger partial charge in [-0.15, -0.1) is 24.8 Å². The van der Waals surface area contributed by atoms with Gasteiger partial charge in [0.25, 0.3) is 0 Å². The monoisotopic (exact) mass is 437 g/mol. The molecule has 0 spiro atoms. The van der Waals surface area contributed by atoms with E-state index < -0.39 is 0 Å². The largest absolute Gasteiger partial charge is 0.341 e. The van der Waals surface area contributed by atoms with Crippen molar-refractivity contribution >= 4 is 30.7 Å². The van der Waals surface area contributed by atoms with Crippen molar-refractivity contribution in [2.24, 2.45) is 11.7 Å². The van der Waals surface area contributed by atoms with Gasteiger partial charge in [0.2, 0.25) is 5.91 Å². The number of hydrogen-bond acceptors (Lipinski definition) is 3. The lowest BCUT2D eigenvalue weighted by Crippen LogP contribution is -2.41. The minimum absolute atomic E-state index is 0. The first-order chi connectivity index (χ1) is 13.1. The molecule has 0 bridgehead atoms. The number of carbonyl (C=O) groups excluding carboxylic acids is 1. The molecule has 0 radical (unpaired) electrons. The van der Waals surface area contributed by atoms with E-state index in [0.29, 0.717) is 6.04 Å². The number of nitrogens with two attached hydrogens (primary N) is 1. The molecule has 1 saturated heterocycles. The van der Waals surface area contributed by atoms with E-state index in [2.05, 4.69) is 36.1 Å². The van der Waals surface area contributed by atoms with Crippen molar-refractivity contribution in [2.75, 3.05) is 19.6 Å². The Kier molecular flexibility index (Phi) is 10.7. The number of benzene rings is 2. The van der Waals surface area contributed by atoms with Crippen molar-refractivity contribution in [3.63, 3.8) is 0 Å². The predicted molar refractivity (Wildman–Crippen MR) is 125 cm³/mol. The van der Waals surface area contributed by atoms with E-state index in [1.165, 1.54) is 5.56 Å². The molecule has 3 atom stereocenters. The molecule has 1 aliphatic rings. The van der Waals surface area contributed by atoms with Gasteiger partial charge in [-0.2, -0.15) is 0 Å². The molecule has 0 aliphatic carbocycles. The average Bonchev–Trinajstić information content (AvgIpc) is 2.90. The summed E-state index contributed by atoms with van der Waals surface area (Å²) >= 11 is 0. The number of carbonyl (C=O) groups is 1. The highest BCUT2D eigenvalue weighted by molar-refractivity contribution is 5.85. The van der Waals surface area contributed by atoms with Gasteiger partial charge in [0.05, 0.1) is 5.92 Å². The van der Waals surface area contributed by atoms with Crippen LogP contribution in [0, 0.1) is 5.92 Å². The van der Waals surface area contributed by atoms with E-state index in [1.54, 1.807) is 0 Å². The summed E-state index contributed by atoms with van der Waals surface area (Å²) in [6.45, 7) is 7.61. The molecule has 0 aromatic heterocycles. The Hall–Kier alpha value is -1.59. The predicted octanol–water partition coefficient (Wildman–Crippen LogP) is 4.29. The van der Waals surface area contributed by atoms with Gasteiger partial charge < -0.3 is 10.6 Å². The van der Waals surface area contributed by atoms with Crippen molar-refractivity contribution in [1.29, 1.82) is 0 Å². The van der Waals surface area contributed by atoms with Crippen LogP contribution in [0.3, 0.4) is 0 Å². The highest BCUT2D eigenvalue weighted by Gasteiger charge is 2.29. The molecule has 2 N–H and O–H groups in total. The van der Waals surface area contributed by atoms with Crippen LogP contribution in [0.4, 0.5) is 0 Å². The fourth-order valence-electron chi connectivity index (χ4n) is 3.79. The van der Waals surface area contributed by atoms with Gasteiger partial charge in [0.15, 0.2) is 0 Å². The van der Waals surface area contributed by atoms with Crippen LogP contribution in [-0.4, -0.2) is 41.4 Å². The van der Waals surface area contributed by atoms with Crippen LogP contribution in [0.5, 0.6) is 0 Å². The summed E-state index contributed by atoms with van der Waals surface area (Å²) in [5.41, 5.74) is 8.73. The summed E-state index contributed by atoms with van der Waals surface area (Å²) in [5, 5.41) is 0. The van der Waals surface area contributed by atoms with Crippen LogP contribution in [-0.2, 0) is 11.3 Å². The molecule has 1 aliphatic heterocycles. The third-order valence-electron chi connectivity index (χ3n) is 5.75. The quantitative estimate of drug-likeness (QED) is 0.758. The Labute approximate surface area is 187 Å². The molecular formula is C23H33Cl2N3O. The zero-order chi connectivity index (χ0) is 19.2. The average molecular weight is 438 g/mol. The van der Waals surface area contributed by atoms with E-state index in [4.69, 9.17) is 5.73 Å². The third kappa shape index (κ3) is 6.71. The molecule has 3 rings (SSSR count). The maximum Gasteiger partial charge on any atom is 0.227 e. The summed E-state index contributed by atoms with van der Waals surface area (Å²) < 4.78 is 0. The van der Waals surface area contributed by atoms with Crippen LogP contribution < -0.4 is 5.73 Å². The maximum atomic E-state index is 13.1. The standard InChI is InChI=1S/C23H31N3O.2ClH/c1-18-13-14-25(15-16-26(18)17-20-9-5-3-6-10-20)23(27)19(2)22(24)21-11-7-4-8-12-21;;/h3-12,18-19,22H,13-17,24H2,1-2H3;2*1H. The number of halogens is 2. The summed E-state index contributed by atoms with van der Waals surface area (Å²) in [7, 11) is 0. The Morgan fingerprint density at radius 3 is 2.21 bits per heavy atom. The second kappa shape index (κ2) is 12.2. The van der Waals surface area contributed by atoms with Crippen molar-refractivity contribution < 1.29 is 4.79 Å². The molecular weight excluding hydrogens is 405 g/mol. The molecule has 160 valence electrons. The van der Waals surface area contributed by atoms with Gasteiger partial charge in [-0.25, -0.2) is 0 Å². The molecule has 4 nitrogen and oxygen atoms in total. The molecule has 2 aromatic carbocycles. The lowest BCUT2D eigenvalue weighted by Gasteiger charge is -2.28. The molecule has 1 amide bonds. The number of nitrogens with zero attached hydrogens (tertiary/aromatic N) is 2. The zero-order valence-electron chi connectivity index (χ0n) is 17.2. The molecule has 0 saturated carbocycles. The Balaban J connectivity index is 0.00000210. The Morgan fingerprint density at radius 1 is 1.00 bits per heavy atom. The van der Waals surface area contributed by atoms with Gasteiger partial charge >= 0.3 is 0 Å². The second-order valence-corrected chi connectivity index (χ2v) is 7.64. The smallest absolute Gasteiger partial charge is 0.227 e. The minimum Gasteiger partial charge on any atom is -0.341 e. The summed E-state index contributed by atoms with van der Waals surface area (Å²) in [6.07, 6.45) is 0.992. The normalized spacial score (nSPS) is 19.3. The first-order valence-electron chi connectivity index (χ1n) is 9.93. The number of hydrogen-bond donors (Lipinski definition) is 1.